The molecule has 0 radical (unpaired) electrons. The Morgan fingerprint density at radius 2 is 1.61 bits per heavy atom. The Bertz CT molecular complexity index is 594. The van der Waals surface area contributed by atoms with Crippen molar-refractivity contribution in [2.75, 3.05) is 5.32 Å². The van der Waals surface area contributed by atoms with Crippen LogP contribution < -0.4 is 5.32 Å². The summed E-state index contributed by atoms with van der Waals surface area (Å²) in [5, 5.41) is 3.44. The molecule has 1 N–H and O–H groups in total. The van der Waals surface area contributed by atoms with E-state index < -0.39 is 0 Å². The fraction of sp³-hybridized carbons (Fsp3) is 0.0588. The first-order valence-electron chi connectivity index (χ1n) is 6.20. The average molecular weight is 233 g/mol. The zero-order chi connectivity index (χ0) is 12.2. The molecule has 2 aromatic carbocycles. The van der Waals surface area contributed by atoms with E-state index in [-0.39, 0.29) is 0 Å². The highest BCUT2D eigenvalue weighted by Gasteiger charge is 2.03. The summed E-state index contributed by atoms with van der Waals surface area (Å²) in [5.41, 5.74) is 4.92. The second-order valence-corrected chi connectivity index (χ2v) is 4.40. The van der Waals surface area contributed by atoms with Gasteiger partial charge in [-0.3, -0.25) is 0 Å². The SMILES string of the molecule is C1=CC(Nc2ccccc2)=Cc2ccccc2C1. The third-order valence-electron chi connectivity index (χ3n) is 3.06. The van der Waals surface area contributed by atoms with Gasteiger partial charge in [0.1, 0.15) is 0 Å². The van der Waals surface area contributed by atoms with Crippen molar-refractivity contribution in [3.8, 4) is 0 Å². The van der Waals surface area contributed by atoms with E-state index in [1.165, 1.54) is 11.1 Å². The largest absolute Gasteiger partial charge is 0.356 e. The summed E-state index contributed by atoms with van der Waals surface area (Å²) in [5.74, 6) is 0. The van der Waals surface area contributed by atoms with Gasteiger partial charge in [0.05, 0.1) is 0 Å². The number of rotatable bonds is 2. The van der Waals surface area contributed by atoms with Crippen LogP contribution in [0.3, 0.4) is 0 Å². The maximum atomic E-state index is 3.44. The maximum Gasteiger partial charge on any atom is 0.0387 e. The van der Waals surface area contributed by atoms with E-state index in [9.17, 15) is 0 Å². The van der Waals surface area contributed by atoms with Gasteiger partial charge in [0.25, 0.3) is 0 Å². The molecule has 0 unspecified atom stereocenters. The molecule has 0 heterocycles. The van der Waals surface area contributed by atoms with Crippen LogP contribution in [0, 0.1) is 0 Å². The first-order chi connectivity index (χ1) is 8.92. The van der Waals surface area contributed by atoms with E-state index in [4.69, 9.17) is 0 Å². The molecule has 0 aliphatic heterocycles. The van der Waals surface area contributed by atoms with E-state index in [0.29, 0.717) is 0 Å². The molecule has 0 bridgehead atoms. The minimum absolute atomic E-state index is 0.993. The highest BCUT2D eigenvalue weighted by Crippen LogP contribution is 2.20. The number of hydrogen-bond donors (Lipinski definition) is 1. The lowest BCUT2D eigenvalue weighted by atomic mass is 10.1. The Morgan fingerprint density at radius 3 is 2.50 bits per heavy atom. The van der Waals surface area contributed by atoms with Crippen molar-refractivity contribution >= 4 is 11.8 Å². The zero-order valence-electron chi connectivity index (χ0n) is 10.1. The normalized spacial score (nSPS) is 13.4. The second-order valence-electron chi connectivity index (χ2n) is 4.40. The van der Waals surface area contributed by atoms with Crippen LogP contribution in [0.4, 0.5) is 5.69 Å². The summed E-state index contributed by atoms with van der Waals surface area (Å²) in [4.78, 5) is 0. The topological polar surface area (TPSA) is 12.0 Å². The van der Waals surface area contributed by atoms with Crippen molar-refractivity contribution in [1.82, 2.24) is 0 Å². The number of nitrogens with one attached hydrogen (secondary N) is 1. The van der Waals surface area contributed by atoms with Crippen molar-refractivity contribution in [2.45, 2.75) is 6.42 Å². The number of allylic oxidation sites excluding steroid dienone is 2. The molecule has 88 valence electrons. The highest BCUT2D eigenvalue weighted by atomic mass is 14.9. The van der Waals surface area contributed by atoms with Crippen LogP contribution in [0.5, 0.6) is 0 Å². The Kier molecular flexibility index (Phi) is 2.97. The number of benzene rings is 2. The van der Waals surface area contributed by atoms with Crippen molar-refractivity contribution < 1.29 is 0 Å². The molecule has 0 amide bonds. The average Bonchev–Trinajstić information content (AvgIpc) is 2.61. The highest BCUT2D eigenvalue weighted by molar-refractivity contribution is 5.66. The van der Waals surface area contributed by atoms with Gasteiger partial charge in [-0.2, -0.15) is 0 Å². The van der Waals surface area contributed by atoms with Gasteiger partial charge in [-0.15, -0.1) is 0 Å². The van der Waals surface area contributed by atoms with Gasteiger partial charge in [-0.05, 0) is 41.8 Å². The van der Waals surface area contributed by atoms with E-state index in [0.717, 1.165) is 17.8 Å². The number of anilines is 1. The third-order valence-corrected chi connectivity index (χ3v) is 3.06. The van der Waals surface area contributed by atoms with E-state index in [1.54, 1.807) is 0 Å². The summed E-state index contributed by atoms with van der Waals surface area (Å²) >= 11 is 0. The zero-order valence-corrected chi connectivity index (χ0v) is 10.1. The monoisotopic (exact) mass is 233 g/mol. The Hall–Kier alpha value is -2.28. The Labute approximate surface area is 107 Å². The molecule has 18 heavy (non-hydrogen) atoms. The van der Waals surface area contributed by atoms with Crippen LogP contribution in [0.15, 0.2) is 72.4 Å². The smallest absolute Gasteiger partial charge is 0.0387 e. The number of hydrogen-bond acceptors (Lipinski definition) is 1. The molecule has 0 spiro atoms. The minimum atomic E-state index is 0.993. The molecule has 1 heteroatoms. The van der Waals surface area contributed by atoms with Crippen molar-refractivity contribution in [3.63, 3.8) is 0 Å². The summed E-state index contributed by atoms with van der Waals surface area (Å²) in [6.45, 7) is 0. The van der Waals surface area contributed by atoms with Crippen molar-refractivity contribution in [2.24, 2.45) is 0 Å². The fourth-order valence-corrected chi connectivity index (χ4v) is 2.16. The molecule has 3 rings (SSSR count). The molecule has 0 saturated carbocycles. The maximum absolute atomic E-state index is 3.44. The summed E-state index contributed by atoms with van der Waals surface area (Å²) < 4.78 is 0. The number of para-hydroxylation sites is 1. The second kappa shape index (κ2) is 4.92. The third kappa shape index (κ3) is 2.35. The fourth-order valence-electron chi connectivity index (χ4n) is 2.16. The van der Waals surface area contributed by atoms with Gasteiger partial charge < -0.3 is 5.32 Å². The van der Waals surface area contributed by atoms with Crippen LogP contribution in [0.25, 0.3) is 6.08 Å². The van der Waals surface area contributed by atoms with Crippen LogP contribution >= 0.6 is 0 Å². The van der Waals surface area contributed by atoms with Gasteiger partial charge in [0.2, 0.25) is 0 Å². The van der Waals surface area contributed by atoms with Crippen molar-refractivity contribution in [3.05, 3.63) is 83.6 Å². The Morgan fingerprint density at radius 1 is 0.833 bits per heavy atom. The standard InChI is InChI=1S/C17H15N/c1-2-10-16(11-3-1)18-17-12-6-9-14-7-4-5-8-15(14)13-17/h1-8,10-13,18H,9H2. The van der Waals surface area contributed by atoms with E-state index >= 15 is 0 Å². The van der Waals surface area contributed by atoms with Crippen molar-refractivity contribution in [1.29, 1.82) is 0 Å². The summed E-state index contributed by atoms with van der Waals surface area (Å²) in [6, 6.07) is 18.8. The summed E-state index contributed by atoms with van der Waals surface area (Å²) in [7, 11) is 0. The van der Waals surface area contributed by atoms with Gasteiger partial charge in [-0.25, -0.2) is 0 Å². The van der Waals surface area contributed by atoms with Crippen LogP contribution in [0.1, 0.15) is 11.1 Å². The van der Waals surface area contributed by atoms with Gasteiger partial charge in [0, 0.05) is 11.4 Å². The molecule has 0 aromatic heterocycles. The van der Waals surface area contributed by atoms with E-state index in [2.05, 4.69) is 59.9 Å². The predicted molar refractivity (Wildman–Crippen MR) is 77.3 cm³/mol. The molecule has 1 aliphatic carbocycles. The first kappa shape index (κ1) is 10.8. The van der Waals surface area contributed by atoms with Gasteiger partial charge >= 0.3 is 0 Å². The predicted octanol–water partition coefficient (Wildman–Crippen LogP) is 4.25. The molecule has 2 aromatic rings. The molecular weight excluding hydrogens is 218 g/mol. The van der Waals surface area contributed by atoms with Crippen LogP contribution in [-0.4, -0.2) is 0 Å². The molecule has 0 atom stereocenters. The van der Waals surface area contributed by atoms with Gasteiger partial charge in [0.15, 0.2) is 0 Å². The lowest BCUT2D eigenvalue weighted by molar-refractivity contribution is 1.26. The quantitative estimate of drug-likeness (QED) is 0.817. The van der Waals surface area contributed by atoms with Crippen LogP contribution in [0.2, 0.25) is 0 Å². The molecular formula is C17H15N. The first-order valence-corrected chi connectivity index (χ1v) is 6.20. The van der Waals surface area contributed by atoms with Gasteiger partial charge in [-0.1, -0.05) is 48.5 Å². The molecule has 0 saturated heterocycles. The minimum Gasteiger partial charge on any atom is -0.356 e. The van der Waals surface area contributed by atoms with E-state index in [1.807, 2.05) is 18.2 Å². The molecule has 0 fully saturated rings. The summed E-state index contributed by atoms with van der Waals surface area (Å²) in [6.07, 6.45) is 7.54. The molecule has 1 nitrogen and oxygen atoms in total. The lowest BCUT2D eigenvalue weighted by Crippen LogP contribution is -1.95. The molecule has 1 aliphatic rings. The Balaban J connectivity index is 1.91. The van der Waals surface area contributed by atoms with Crippen LogP contribution in [-0.2, 0) is 6.42 Å². The lowest BCUT2D eigenvalue weighted by Gasteiger charge is -2.07. The number of fused-ring (bicyclic) bond motifs is 1.